The minimum atomic E-state index is -0.963. The van der Waals surface area contributed by atoms with E-state index in [4.69, 9.17) is 15.9 Å². The Morgan fingerprint density at radius 2 is 1.58 bits per heavy atom. The zero-order valence-electron chi connectivity index (χ0n) is 21.3. The van der Waals surface area contributed by atoms with E-state index in [2.05, 4.69) is 42.3 Å². The van der Waals surface area contributed by atoms with Gasteiger partial charge in [0.2, 0.25) is 0 Å². The fraction of sp³-hybridized carbons (Fsp3) is 0.147. The molecule has 38 heavy (non-hydrogen) atoms. The fourth-order valence-corrected chi connectivity index (χ4v) is 4.27. The number of carboxylic acid groups (broad SMARTS) is 1. The third-order valence-corrected chi connectivity index (χ3v) is 6.14. The third-order valence-electron chi connectivity index (χ3n) is 6.14. The van der Waals surface area contributed by atoms with Crippen molar-refractivity contribution in [2.75, 3.05) is 13.2 Å². The molecule has 0 unspecified atom stereocenters. The second-order valence-corrected chi connectivity index (χ2v) is 8.71. The van der Waals surface area contributed by atoms with E-state index in [1.165, 1.54) is 0 Å². The smallest absolute Gasteiger partial charge is 0.333 e. The van der Waals surface area contributed by atoms with E-state index in [-0.39, 0.29) is 0 Å². The van der Waals surface area contributed by atoms with Crippen LogP contribution in [0.5, 0.6) is 5.75 Å². The number of hydrogen-bond acceptors (Lipinski definition) is 3. The van der Waals surface area contributed by atoms with Crippen LogP contribution in [0, 0.1) is 12.3 Å². The normalized spacial score (nSPS) is 11.7. The molecule has 4 rings (SSSR count). The molecule has 0 bridgehead atoms. The Hall–Kier alpha value is -4.59. The highest BCUT2D eigenvalue weighted by molar-refractivity contribution is 5.83. The van der Waals surface area contributed by atoms with E-state index in [1.54, 1.807) is 6.92 Å². The highest BCUT2D eigenvalue weighted by Crippen LogP contribution is 2.32. The van der Waals surface area contributed by atoms with Gasteiger partial charge in [0, 0.05) is 18.6 Å². The maximum Gasteiger partial charge on any atom is 0.333 e. The van der Waals surface area contributed by atoms with Crippen LogP contribution in [0.1, 0.15) is 23.6 Å². The van der Waals surface area contributed by atoms with Gasteiger partial charge >= 0.3 is 5.97 Å². The van der Waals surface area contributed by atoms with Gasteiger partial charge in [-0.25, -0.2) is 4.79 Å². The average Bonchev–Trinajstić information content (AvgIpc) is 2.96. The highest BCUT2D eigenvalue weighted by Gasteiger charge is 2.17. The van der Waals surface area contributed by atoms with Gasteiger partial charge in [0.1, 0.15) is 12.4 Å². The minimum absolute atomic E-state index is 0.305. The molecule has 0 aliphatic heterocycles. The van der Waals surface area contributed by atoms with Crippen molar-refractivity contribution in [1.29, 1.82) is 0 Å². The first-order chi connectivity index (χ1) is 18.6. The monoisotopic (exact) mass is 502 g/mol. The molecule has 1 N–H and O–H groups in total. The topological polar surface area (TPSA) is 55.8 Å². The van der Waals surface area contributed by atoms with Crippen molar-refractivity contribution in [3.63, 3.8) is 0 Å². The number of aliphatic carboxylic acids is 1. The van der Waals surface area contributed by atoms with Crippen LogP contribution in [-0.4, -0.2) is 30.4 Å². The van der Waals surface area contributed by atoms with Gasteiger partial charge in [-0.15, -0.1) is 6.42 Å². The van der Waals surface area contributed by atoms with Crippen LogP contribution in [0.3, 0.4) is 0 Å². The fourth-order valence-electron chi connectivity index (χ4n) is 4.27. The van der Waals surface area contributed by atoms with Crippen molar-refractivity contribution in [3.8, 4) is 40.3 Å². The van der Waals surface area contributed by atoms with E-state index in [0.29, 0.717) is 25.4 Å². The first-order valence-electron chi connectivity index (χ1n) is 12.6. The quantitative estimate of drug-likeness (QED) is 0.222. The second kappa shape index (κ2) is 13.1. The molecule has 0 amide bonds. The number of rotatable bonds is 11. The lowest BCUT2D eigenvalue weighted by atomic mass is 9.90. The van der Waals surface area contributed by atoms with Crippen LogP contribution in [-0.2, 0) is 16.0 Å². The maximum absolute atomic E-state index is 11.3. The molecule has 0 radical (unpaired) electrons. The molecular formula is C34H30O4. The number of carbonyl (C=O) groups is 1. The molecule has 4 heteroatoms. The molecule has 0 aliphatic rings. The lowest BCUT2D eigenvalue weighted by Gasteiger charge is -2.13. The molecule has 0 heterocycles. The van der Waals surface area contributed by atoms with E-state index in [9.17, 15) is 9.90 Å². The summed E-state index contributed by atoms with van der Waals surface area (Å²) >= 11 is 0. The number of terminal acetylenes is 1. The van der Waals surface area contributed by atoms with Crippen molar-refractivity contribution in [2.24, 2.45) is 0 Å². The minimum Gasteiger partial charge on any atom is -0.490 e. The van der Waals surface area contributed by atoms with Gasteiger partial charge < -0.3 is 14.6 Å². The predicted molar refractivity (Wildman–Crippen MR) is 153 cm³/mol. The Morgan fingerprint density at radius 1 is 0.921 bits per heavy atom. The molecule has 4 aromatic carbocycles. The van der Waals surface area contributed by atoms with E-state index in [0.717, 1.165) is 38.9 Å². The van der Waals surface area contributed by atoms with Crippen LogP contribution < -0.4 is 4.74 Å². The summed E-state index contributed by atoms with van der Waals surface area (Å²) in [6.07, 6.45) is 9.40. The molecule has 0 fully saturated rings. The molecule has 0 aliphatic carbocycles. The number of carboxylic acids is 1. The summed E-state index contributed by atoms with van der Waals surface area (Å²) in [6.45, 7) is 2.50. The Morgan fingerprint density at radius 3 is 2.18 bits per heavy atom. The van der Waals surface area contributed by atoms with Crippen molar-refractivity contribution >= 4 is 12.0 Å². The van der Waals surface area contributed by atoms with Crippen LogP contribution in [0.2, 0.25) is 0 Å². The summed E-state index contributed by atoms with van der Waals surface area (Å²) in [7, 11) is 0. The summed E-state index contributed by atoms with van der Waals surface area (Å²) in [4.78, 5) is 11.3. The van der Waals surface area contributed by atoms with Gasteiger partial charge in [-0.2, -0.15) is 0 Å². The Balaban J connectivity index is 1.52. The zero-order valence-corrected chi connectivity index (χ0v) is 21.3. The molecular weight excluding hydrogens is 472 g/mol. The first-order valence-corrected chi connectivity index (χ1v) is 12.6. The van der Waals surface area contributed by atoms with Crippen LogP contribution in [0.4, 0.5) is 0 Å². The van der Waals surface area contributed by atoms with Crippen molar-refractivity contribution in [1.82, 2.24) is 0 Å². The van der Waals surface area contributed by atoms with Gasteiger partial charge in [0.15, 0.2) is 6.10 Å². The summed E-state index contributed by atoms with van der Waals surface area (Å²) in [5.74, 6) is 2.63. The largest absolute Gasteiger partial charge is 0.490 e. The summed E-state index contributed by atoms with van der Waals surface area (Å²) in [5.41, 5.74) is 6.94. The summed E-state index contributed by atoms with van der Waals surface area (Å²) in [5, 5.41) is 9.29. The molecule has 0 aromatic heterocycles. The van der Waals surface area contributed by atoms with Gasteiger partial charge in [0.25, 0.3) is 0 Å². The van der Waals surface area contributed by atoms with Crippen LogP contribution >= 0.6 is 0 Å². The first kappa shape index (κ1) is 26.5. The molecule has 0 saturated carbocycles. The second-order valence-electron chi connectivity index (χ2n) is 8.71. The van der Waals surface area contributed by atoms with Gasteiger partial charge in [0.05, 0.1) is 0 Å². The number of benzene rings is 4. The SMILES string of the molecule is C#Cc1c(/C=C/COc2ccc(C[C@H](OCC)C(=O)O)cc2)cc(-c2ccccc2)cc1-c1ccccc1. The standard InChI is InChI=1S/C34H30O4/c1-3-31-28(16-11-21-38-30-19-17-25(18-20-30)22-33(34(35)36)37-4-2)23-29(26-12-7-5-8-13-26)24-32(31)27-14-9-6-10-15-27/h1,5-20,23-24,33H,4,21-22H2,2H3,(H,35,36)/b16-11+/t33-/m0/s1. The van der Waals surface area contributed by atoms with Crippen LogP contribution in [0.15, 0.2) is 103 Å². The Kier molecular flexibility index (Phi) is 9.12. The zero-order chi connectivity index (χ0) is 26.7. The van der Waals surface area contributed by atoms with Gasteiger partial charge in [-0.05, 0) is 70.6 Å². The molecule has 0 spiro atoms. The molecule has 4 nitrogen and oxygen atoms in total. The van der Waals surface area contributed by atoms with Crippen molar-refractivity contribution in [3.05, 3.63) is 120 Å². The Labute approximate surface area is 224 Å². The Bertz CT molecular complexity index is 1420. The molecule has 0 saturated heterocycles. The molecule has 190 valence electrons. The predicted octanol–water partition coefficient (Wildman–Crippen LogP) is 7.13. The lowest BCUT2D eigenvalue weighted by molar-refractivity contribution is -0.149. The lowest BCUT2D eigenvalue weighted by Crippen LogP contribution is -2.26. The maximum atomic E-state index is 11.3. The third kappa shape index (κ3) is 6.79. The summed E-state index contributed by atoms with van der Waals surface area (Å²) < 4.78 is 11.2. The van der Waals surface area contributed by atoms with E-state index >= 15 is 0 Å². The van der Waals surface area contributed by atoms with E-state index < -0.39 is 12.1 Å². The highest BCUT2D eigenvalue weighted by atomic mass is 16.5. The van der Waals surface area contributed by atoms with Gasteiger partial charge in [-0.3, -0.25) is 0 Å². The van der Waals surface area contributed by atoms with Crippen LogP contribution in [0.25, 0.3) is 28.3 Å². The molecule has 1 atom stereocenters. The molecule has 4 aromatic rings. The van der Waals surface area contributed by atoms with Gasteiger partial charge in [-0.1, -0.05) is 84.8 Å². The number of ether oxygens (including phenoxy) is 2. The van der Waals surface area contributed by atoms with Crippen molar-refractivity contribution < 1.29 is 19.4 Å². The average molecular weight is 503 g/mol. The van der Waals surface area contributed by atoms with Crippen molar-refractivity contribution in [2.45, 2.75) is 19.4 Å². The number of hydrogen-bond donors (Lipinski definition) is 1. The summed E-state index contributed by atoms with van der Waals surface area (Å²) in [6, 6.07) is 32.1. The van der Waals surface area contributed by atoms with E-state index in [1.807, 2.05) is 72.8 Å².